The van der Waals surface area contributed by atoms with Gasteiger partial charge in [0.05, 0.1) is 6.54 Å². The Morgan fingerprint density at radius 1 is 1.08 bits per heavy atom. The van der Waals surface area contributed by atoms with E-state index in [1.165, 1.54) is 37.1 Å². The molecule has 0 atom stereocenters. The topological polar surface area (TPSA) is 39.7 Å². The molecule has 1 aromatic carbocycles. The lowest BCUT2D eigenvalue weighted by atomic mass is 10.1. The number of likely N-dealkylation sites (tertiary alicyclic amines) is 1. The molecule has 0 aliphatic carbocycles. The molecule has 1 aliphatic heterocycles. The zero-order valence-corrected chi connectivity index (χ0v) is 18.4. The van der Waals surface area contributed by atoms with Crippen LogP contribution in [-0.2, 0) is 13.1 Å². The van der Waals surface area contributed by atoms with Crippen LogP contribution < -0.4 is 10.6 Å². The van der Waals surface area contributed by atoms with Crippen LogP contribution in [0.2, 0.25) is 0 Å². The SMILES string of the molecule is CCNC(=NCc1ccc(CN2CCCC2)cc1)NCCC(C)C.I. The van der Waals surface area contributed by atoms with Crippen LogP contribution in [0.5, 0.6) is 0 Å². The summed E-state index contributed by atoms with van der Waals surface area (Å²) in [5.41, 5.74) is 2.67. The third-order valence-electron chi connectivity index (χ3n) is 4.41. The van der Waals surface area contributed by atoms with Crippen LogP contribution in [0.3, 0.4) is 0 Å². The minimum atomic E-state index is 0. The maximum atomic E-state index is 4.70. The second-order valence-electron chi connectivity index (χ2n) is 7.10. The zero-order valence-electron chi connectivity index (χ0n) is 16.1. The standard InChI is InChI=1S/C20H34N4.HI/c1-4-21-20(22-12-11-17(2)3)23-15-18-7-9-19(10-8-18)16-24-13-5-6-14-24;/h7-10,17H,4-6,11-16H2,1-3H3,(H2,21,22,23);1H. The number of benzene rings is 1. The second-order valence-corrected chi connectivity index (χ2v) is 7.10. The summed E-state index contributed by atoms with van der Waals surface area (Å²) in [7, 11) is 0. The van der Waals surface area contributed by atoms with E-state index in [0.29, 0.717) is 5.92 Å². The van der Waals surface area contributed by atoms with Crippen LogP contribution in [0.4, 0.5) is 0 Å². The molecule has 0 spiro atoms. The first-order valence-corrected chi connectivity index (χ1v) is 9.49. The van der Waals surface area contributed by atoms with Gasteiger partial charge in [0.1, 0.15) is 0 Å². The quantitative estimate of drug-likeness (QED) is 0.352. The van der Waals surface area contributed by atoms with Gasteiger partial charge in [0, 0.05) is 19.6 Å². The first kappa shape index (κ1) is 22.2. The number of hydrogen-bond donors (Lipinski definition) is 2. The Labute approximate surface area is 170 Å². The summed E-state index contributed by atoms with van der Waals surface area (Å²) in [5.74, 6) is 1.63. The van der Waals surface area contributed by atoms with Gasteiger partial charge in [-0.1, -0.05) is 38.1 Å². The van der Waals surface area contributed by atoms with Crippen molar-refractivity contribution in [2.24, 2.45) is 10.9 Å². The molecule has 5 heteroatoms. The van der Waals surface area contributed by atoms with Crippen LogP contribution >= 0.6 is 24.0 Å². The molecule has 1 aliphatic rings. The number of guanidine groups is 1. The Morgan fingerprint density at radius 2 is 1.72 bits per heavy atom. The van der Waals surface area contributed by atoms with Gasteiger partial charge >= 0.3 is 0 Å². The lowest BCUT2D eigenvalue weighted by Gasteiger charge is -2.14. The van der Waals surface area contributed by atoms with Crippen molar-refractivity contribution in [2.75, 3.05) is 26.2 Å². The van der Waals surface area contributed by atoms with E-state index in [-0.39, 0.29) is 24.0 Å². The van der Waals surface area contributed by atoms with Crippen molar-refractivity contribution in [3.05, 3.63) is 35.4 Å². The third-order valence-corrected chi connectivity index (χ3v) is 4.41. The van der Waals surface area contributed by atoms with Crippen LogP contribution in [0, 0.1) is 5.92 Å². The number of aliphatic imine (C=N–C) groups is 1. The number of halogens is 1. The molecule has 0 radical (unpaired) electrons. The van der Waals surface area contributed by atoms with E-state index in [9.17, 15) is 0 Å². The molecule has 0 amide bonds. The fourth-order valence-electron chi connectivity index (χ4n) is 2.94. The van der Waals surface area contributed by atoms with E-state index in [1.54, 1.807) is 0 Å². The van der Waals surface area contributed by atoms with E-state index in [1.807, 2.05) is 0 Å². The predicted molar refractivity (Wildman–Crippen MR) is 119 cm³/mol. The summed E-state index contributed by atoms with van der Waals surface area (Å²) < 4.78 is 0. The minimum Gasteiger partial charge on any atom is -0.357 e. The highest BCUT2D eigenvalue weighted by Gasteiger charge is 2.11. The first-order chi connectivity index (χ1) is 11.7. The first-order valence-electron chi connectivity index (χ1n) is 9.49. The molecule has 2 N–H and O–H groups in total. The van der Waals surface area contributed by atoms with Crippen molar-refractivity contribution in [1.29, 1.82) is 0 Å². The largest absolute Gasteiger partial charge is 0.357 e. The Bertz CT molecular complexity index is 493. The summed E-state index contributed by atoms with van der Waals surface area (Å²) >= 11 is 0. The summed E-state index contributed by atoms with van der Waals surface area (Å²) in [4.78, 5) is 7.23. The van der Waals surface area contributed by atoms with Crippen molar-refractivity contribution in [3.8, 4) is 0 Å². The number of rotatable bonds is 8. The molecule has 1 aromatic rings. The van der Waals surface area contributed by atoms with E-state index in [0.717, 1.165) is 38.6 Å². The Balaban J connectivity index is 0.00000312. The lowest BCUT2D eigenvalue weighted by molar-refractivity contribution is 0.331. The van der Waals surface area contributed by atoms with Crippen molar-refractivity contribution in [2.45, 2.75) is 53.1 Å². The monoisotopic (exact) mass is 458 g/mol. The maximum Gasteiger partial charge on any atom is 0.191 e. The summed E-state index contributed by atoms with van der Waals surface area (Å²) in [6.07, 6.45) is 3.86. The lowest BCUT2D eigenvalue weighted by Crippen LogP contribution is -2.38. The van der Waals surface area contributed by atoms with Crippen molar-refractivity contribution in [1.82, 2.24) is 15.5 Å². The Morgan fingerprint density at radius 3 is 2.32 bits per heavy atom. The minimum absolute atomic E-state index is 0. The van der Waals surface area contributed by atoms with Gasteiger partial charge in [-0.25, -0.2) is 4.99 Å². The molecule has 1 saturated heterocycles. The highest BCUT2D eigenvalue weighted by atomic mass is 127. The molecule has 25 heavy (non-hydrogen) atoms. The van der Waals surface area contributed by atoms with Gasteiger partial charge < -0.3 is 10.6 Å². The average molecular weight is 458 g/mol. The van der Waals surface area contributed by atoms with Crippen LogP contribution in [-0.4, -0.2) is 37.0 Å². The molecule has 1 fully saturated rings. The maximum absolute atomic E-state index is 4.70. The highest BCUT2D eigenvalue weighted by molar-refractivity contribution is 14.0. The molecule has 142 valence electrons. The Kier molecular flexibility index (Phi) is 11.1. The summed E-state index contributed by atoms with van der Waals surface area (Å²) in [6, 6.07) is 8.93. The molecule has 2 rings (SSSR count). The average Bonchev–Trinajstić information content (AvgIpc) is 3.06. The van der Waals surface area contributed by atoms with Gasteiger partial charge in [0.15, 0.2) is 5.96 Å². The van der Waals surface area contributed by atoms with Crippen LogP contribution in [0.15, 0.2) is 29.3 Å². The zero-order chi connectivity index (χ0) is 17.2. The summed E-state index contributed by atoms with van der Waals surface area (Å²) in [5, 5.41) is 6.73. The molecular formula is C20H35IN4. The fourth-order valence-corrected chi connectivity index (χ4v) is 2.94. The number of nitrogens with zero attached hydrogens (tertiary/aromatic N) is 2. The van der Waals surface area contributed by atoms with Gasteiger partial charge in [0.25, 0.3) is 0 Å². The molecule has 0 bridgehead atoms. The molecular weight excluding hydrogens is 423 g/mol. The van der Waals surface area contributed by atoms with Crippen molar-refractivity contribution in [3.63, 3.8) is 0 Å². The van der Waals surface area contributed by atoms with Gasteiger partial charge in [-0.05, 0) is 56.3 Å². The van der Waals surface area contributed by atoms with E-state index >= 15 is 0 Å². The van der Waals surface area contributed by atoms with E-state index < -0.39 is 0 Å². The molecule has 4 nitrogen and oxygen atoms in total. The smallest absolute Gasteiger partial charge is 0.191 e. The number of nitrogens with one attached hydrogen (secondary N) is 2. The molecule has 0 aromatic heterocycles. The summed E-state index contributed by atoms with van der Waals surface area (Å²) in [6.45, 7) is 12.8. The number of hydrogen-bond acceptors (Lipinski definition) is 2. The molecule has 0 saturated carbocycles. The normalized spacial score (nSPS) is 15.3. The van der Waals surface area contributed by atoms with Gasteiger partial charge in [-0.15, -0.1) is 24.0 Å². The van der Waals surface area contributed by atoms with Crippen molar-refractivity contribution >= 4 is 29.9 Å². The van der Waals surface area contributed by atoms with Crippen LogP contribution in [0.1, 0.15) is 51.2 Å². The molecule has 0 unspecified atom stereocenters. The highest BCUT2D eigenvalue weighted by Crippen LogP contribution is 2.13. The fraction of sp³-hybridized carbons (Fsp3) is 0.650. The van der Waals surface area contributed by atoms with E-state index in [4.69, 9.17) is 4.99 Å². The Hall–Kier alpha value is -0.820. The third kappa shape index (κ3) is 8.90. The second kappa shape index (κ2) is 12.5. The van der Waals surface area contributed by atoms with Gasteiger partial charge in [0.2, 0.25) is 0 Å². The van der Waals surface area contributed by atoms with Gasteiger partial charge in [-0.3, -0.25) is 4.90 Å². The van der Waals surface area contributed by atoms with Gasteiger partial charge in [-0.2, -0.15) is 0 Å². The van der Waals surface area contributed by atoms with Crippen molar-refractivity contribution < 1.29 is 0 Å². The van der Waals surface area contributed by atoms with E-state index in [2.05, 4.69) is 60.6 Å². The predicted octanol–water partition coefficient (Wildman–Crippen LogP) is 4.00. The van der Waals surface area contributed by atoms with Crippen LogP contribution in [0.25, 0.3) is 0 Å². The molecule has 1 heterocycles.